The van der Waals surface area contributed by atoms with Crippen LogP contribution in [0.15, 0.2) is 23.3 Å². The van der Waals surface area contributed by atoms with Gasteiger partial charge in [0.1, 0.15) is 23.9 Å². The van der Waals surface area contributed by atoms with E-state index in [1.807, 2.05) is 13.0 Å². The fraction of sp³-hybridized carbons (Fsp3) is 0.854. The van der Waals surface area contributed by atoms with E-state index >= 15 is 8.78 Å². The highest BCUT2D eigenvalue weighted by molar-refractivity contribution is 7.48. The van der Waals surface area contributed by atoms with Gasteiger partial charge in [0.2, 0.25) is 5.79 Å². The average Bonchev–Trinajstić information content (AvgIpc) is 3.29. The van der Waals surface area contributed by atoms with Crippen LogP contribution < -0.4 is 0 Å². The molecule has 3 N–H and O–H groups in total. The maximum absolute atomic E-state index is 16.3. The van der Waals surface area contributed by atoms with Crippen LogP contribution >= 0.6 is 7.82 Å². The van der Waals surface area contributed by atoms with Crippen molar-refractivity contribution in [1.29, 1.82) is 0 Å². The standard InChI is InChI=1S/C48H80F2NO15P/c1-12-34-22-28(4)21-29(5)23-39(60-10)42-40(61-11)25-31(7)48(57,65-42)43(54)44(55)51-20-16-15-17-35(51)45(56)64-41(30(6)24-33-18-19-36(52)38(26-33)59-9)32(8)37(53)27-47(34,46(49)50)66-67(58,62-13-2)63-14-3/h22,24,29,31-42,46,52-53,57H,12-21,23,25-27H2,1-11H3/b28-22+,30-24+/t29-,31+,32+,33-,34+,35-,36+,37-,38+,39-,40-,41+,42+,47?,48+/m0/s1. The topological polar surface area (TPSA) is 206 Å². The molecule has 2 bridgehead atoms. The maximum atomic E-state index is 16.3. The first-order valence-corrected chi connectivity index (χ1v) is 25.7. The first-order chi connectivity index (χ1) is 31.6. The van der Waals surface area contributed by atoms with E-state index in [4.69, 9.17) is 37.3 Å². The van der Waals surface area contributed by atoms with Crippen LogP contribution in [0.4, 0.5) is 8.78 Å². The number of ketones is 1. The number of amides is 1. The Hall–Kier alpha value is -2.22. The van der Waals surface area contributed by atoms with Crippen molar-refractivity contribution in [3.05, 3.63) is 23.3 Å². The summed E-state index contributed by atoms with van der Waals surface area (Å²) in [4.78, 5) is 44.5. The first kappa shape index (κ1) is 57.4. The van der Waals surface area contributed by atoms with Gasteiger partial charge < -0.3 is 43.9 Å². The quantitative estimate of drug-likeness (QED) is 0.0728. The van der Waals surface area contributed by atoms with Gasteiger partial charge in [-0.05, 0) is 109 Å². The Kier molecular flexibility index (Phi) is 21.6. The number of aliphatic hydroxyl groups excluding tert-OH is 2. The van der Waals surface area contributed by atoms with Crippen LogP contribution in [0.2, 0.25) is 0 Å². The summed E-state index contributed by atoms with van der Waals surface area (Å²) in [5.41, 5.74) is -1.56. The SMILES string of the molecule is CCOP(=O)(OCC)OC1(C(F)F)C[C@H](O)[C@@H](C)[C@@H](/C(C)=C/[C@@H]2CC[C@@H](O)[C@H](OC)C2)OC(=O)[C@@H]2CCCCN2C(=O)C(=O)[C@]2(O)O[C@H]([C@@H](OC)C[C@@H](C)C/C(C)=C/[C@H]1CC)[C@@H](OC)C[C@H]2C. The Morgan fingerprint density at radius 3 is 2.13 bits per heavy atom. The van der Waals surface area contributed by atoms with Gasteiger partial charge in [0, 0.05) is 52.0 Å². The predicted octanol–water partition coefficient (Wildman–Crippen LogP) is 7.11. The molecule has 67 heavy (non-hydrogen) atoms. The number of alkyl halides is 2. The molecule has 15 atom stereocenters. The molecule has 0 aromatic carbocycles. The zero-order valence-corrected chi connectivity index (χ0v) is 42.4. The second-order valence-corrected chi connectivity index (χ2v) is 20.9. The minimum absolute atomic E-state index is 0.0175. The van der Waals surface area contributed by atoms with Gasteiger partial charge in [-0.25, -0.2) is 18.1 Å². The number of phosphoric acid groups is 1. The Balaban J connectivity index is 1.95. The fourth-order valence-corrected chi connectivity index (χ4v) is 12.2. The number of aliphatic hydroxyl groups is 3. The van der Waals surface area contributed by atoms with Crippen molar-refractivity contribution in [3.8, 4) is 0 Å². The molecule has 0 spiro atoms. The van der Waals surface area contributed by atoms with Gasteiger partial charge in [-0.3, -0.25) is 23.2 Å². The number of fused-ring (bicyclic) bond motifs is 3. The molecule has 1 aliphatic carbocycles. The Bertz CT molecular complexity index is 1740. The van der Waals surface area contributed by atoms with Crippen molar-refractivity contribution in [2.24, 2.45) is 29.6 Å². The Morgan fingerprint density at radius 1 is 0.925 bits per heavy atom. The lowest BCUT2D eigenvalue weighted by Gasteiger charge is -2.47. The van der Waals surface area contributed by atoms with E-state index in [1.165, 1.54) is 35.2 Å². The number of halogens is 2. The number of methoxy groups -OCH3 is 3. The van der Waals surface area contributed by atoms with E-state index in [2.05, 4.69) is 0 Å². The monoisotopic (exact) mass is 980 g/mol. The number of carbonyl (C=O) groups is 3. The molecule has 386 valence electrons. The second kappa shape index (κ2) is 25.2. The van der Waals surface area contributed by atoms with Gasteiger partial charge in [-0.2, -0.15) is 0 Å². The van der Waals surface area contributed by atoms with Crippen molar-refractivity contribution in [2.45, 2.75) is 193 Å². The zero-order chi connectivity index (χ0) is 50.0. The lowest BCUT2D eigenvalue weighted by Crippen LogP contribution is -2.64. The molecule has 19 heteroatoms. The smallest absolute Gasteiger partial charge is 0.456 e. The number of hydrogen-bond acceptors (Lipinski definition) is 15. The van der Waals surface area contributed by atoms with Gasteiger partial charge in [0.05, 0.1) is 43.7 Å². The maximum Gasteiger partial charge on any atom is 0.475 e. The normalized spacial score (nSPS) is 39.3. The van der Waals surface area contributed by atoms with Crippen molar-refractivity contribution in [1.82, 2.24) is 4.90 Å². The lowest BCUT2D eigenvalue weighted by molar-refractivity contribution is -0.302. The van der Waals surface area contributed by atoms with Crippen LogP contribution in [0, 0.1) is 29.6 Å². The molecule has 1 saturated carbocycles. The third-order valence-electron chi connectivity index (χ3n) is 14.5. The summed E-state index contributed by atoms with van der Waals surface area (Å²) < 4.78 is 93.6. The largest absolute Gasteiger partial charge is 0.475 e. The first-order valence-electron chi connectivity index (χ1n) is 24.2. The van der Waals surface area contributed by atoms with Crippen LogP contribution in [-0.4, -0.2) is 146 Å². The van der Waals surface area contributed by atoms with Gasteiger partial charge >= 0.3 is 13.8 Å². The van der Waals surface area contributed by atoms with E-state index in [9.17, 15) is 34.3 Å². The number of Topliss-reactive ketones (excluding diaryl/α,β-unsaturated/α-hetero) is 1. The van der Waals surface area contributed by atoms with E-state index in [0.717, 1.165) is 4.90 Å². The van der Waals surface area contributed by atoms with Gasteiger partial charge in [-0.1, -0.05) is 45.4 Å². The molecule has 2 saturated heterocycles. The molecule has 3 aliphatic heterocycles. The number of rotatable bonds is 13. The highest BCUT2D eigenvalue weighted by Gasteiger charge is 2.58. The highest BCUT2D eigenvalue weighted by Crippen LogP contribution is 2.57. The molecule has 0 radical (unpaired) electrons. The number of esters is 1. The van der Waals surface area contributed by atoms with E-state index < -0.39 is 116 Å². The van der Waals surface area contributed by atoms with Crippen LogP contribution in [0.5, 0.6) is 0 Å². The number of nitrogens with zero attached hydrogens (tertiary/aromatic N) is 1. The second-order valence-electron chi connectivity index (χ2n) is 19.3. The summed E-state index contributed by atoms with van der Waals surface area (Å²) in [5.74, 6) is -9.52. The molecule has 3 heterocycles. The molecule has 4 aliphatic rings. The third kappa shape index (κ3) is 13.6. The molecule has 1 unspecified atom stereocenters. The molecule has 1 amide bonds. The van der Waals surface area contributed by atoms with Gasteiger partial charge in [0.15, 0.2) is 0 Å². The number of piperidine rings is 1. The third-order valence-corrected chi connectivity index (χ3v) is 16.2. The van der Waals surface area contributed by atoms with E-state index in [1.54, 1.807) is 40.7 Å². The molecule has 0 aromatic heterocycles. The van der Waals surface area contributed by atoms with Crippen molar-refractivity contribution >= 4 is 25.5 Å². The number of ether oxygens (including phenoxy) is 5. The molecular formula is C48H80F2NO15P. The van der Waals surface area contributed by atoms with Crippen molar-refractivity contribution in [2.75, 3.05) is 41.1 Å². The Morgan fingerprint density at radius 2 is 1.55 bits per heavy atom. The summed E-state index contributed by atoms with van der Waals surface area (Å²) in [6.45, 7) is 12.8. The summed E-state index contributed by atoms with van der Waals surface area (Å²) >= 11 is 0. The highest BCUT2D eigenvalue weighted by atomic mass is 31.2. The van der Waals surface area contributed by atoms with Crippen LogP contribution in [0.25, 0.3) is 0 Å². The number of allylic oxidation sites excluding steroid dienone is 2. The fourth-order valence-electron chi connectivity index (χ4n) is 10.7. The number of phosphoric ester groups is 1. The molecule has 16 nitrogen and oxygen atoms in total. The Labute approximate surface area is 396 Å². The van der Waals surface area contributed by atoms with Crippen molar-refractivity contribution in [3.63, 3.8) is 0 Å². The van der Waals surface area contributed by atoms with Gasteiger partial charge in [0.25, 0.3) is 18.1 Å². The van der Waals surface area contributed by atoms with Crippen LogP contribution in [-0.2, 0) is 56.2 Å². The summed E-state index contributed by atoms with van der Waals surface area (Å²) in [7, 11) is -0.264. The molecule has 4 rings (SSSR count). The van der Waals surface area contributed by atoms with Crippen LogP contribution in [0.3, 0.4) is 0 Å². The van der Waals surface area contributed by atoms with Crippen LogP contribution in [0.1, 0.15) is 126 Å². The van der Waals surface area contributed by atoms with E-state index in [-0.39, 0.29) is 57.3 Å². The zero-order valence-electron chi connectivity index (χ0n) is 41.5. The minimum Gasteiger partial charge on any atom is -0.456 e. The number of hydrogen-bond donors (Lipinski definition) is 3. The van der Waals surface area contributed by atoms with Crippen molar-refractivity contribution < 1.29 is 80.3 Å². The predicted molar refractivity (Wildman–Crippen MR) is 244 cm³/mol. The molecular weight excluding hydrogens is 899 g/mol. The summed E-state index contributed by atoms with van der Waals surface area (Å²) in [6, 6.07) is -1.30. The number of cyclic esters (lactones) is 1. The van der Waals surface area contributed by atoms with E-state index in [0.29, 0.717) is 49.7 Å². The minimum atomic E-state index is -4.69. The lowest BCUT2D eigenvalue weighted by atomic mass is 9.76. The summed E-state index contributed by atoms with van der Waals surface area (Å²) in [5, 5.41) is 35.1. The summed E-state index contributed by atoms with van der Waals surface area (Å²) in [6.07, 6.45) is -4.08. The molecule has 0 aromatic rings. The number of carbonyl (C=O) groups excluding carboxylic acids is 3. The average molecular weight is 980 g/mol. The molecule has 3 fully saturated rings. The van der Waals surface area contributed by atoms with Gasteiger partial charge in [-0.15, -0.1) is 0 Å².